The van der Waals surface area contributed by atoms with Crippen LogP contribution < -0.4 is 14.8 Å². The summed E-state index contributed by atoms with van der Waals surface area (Å²) in [4.78, 5) is 0. The van der Waals surface area contributed by atoms with Gasteiger partial charge < -0.3 is 14.8 Å². The number of hydrogen-bond acceptors (Lipinski definition) is 3. The number of ether oxygens (including phenoxy) is 2. The standard InChI is InChI=1S/C18H27NO2/c1-3-8-19-18(14-5-4-13(2)11-14)15-6-7-16-17(12-15)21-10-9-20-16/h6-7,12-14,18-19H,3-5,8-11H2,1-2H3. The Bertz CT molecular complexity index is 474. The second-order valence-electron chi connectivity index (χ2n) is 6.51. The summed E-state index contributed by atoms with van der Waals surface area (Å²) >= 11 is 0. The highest BCUT2D eigenvalue weighted by molar-refractivity contribution is 5.44. The van der Waals surface area contributed by atoms with Gasteiger partial charge in [-0.25, -0.2) is 0 Å². The van der Waals surface area contributed by atoms with Crippen LogP contribution in [0.1, 0.15) is 51.1 Å². The van der Waals surface area contributed by atoms with Crippen molar-refractivity contribution in [3.63, 3.8) is 0 Å². The number of nitrogens with one attached hydrogen (secondary N) is 1. The SMILES string of the molecule is CCCNC(c1ccc2c(c1)OCCO2)C1CCC(C)C1. The molecular weight excluding hydrogens is 262 g/mol. The van der Waals surface area contributed by atoms with Crippen molar-refractivity contribution in [2.75, 3.05) is 19.8 Å². The molecule has 21 heavy (non-hydrogen) atoms. The van der Waals surface area contributed by atoms with Crippen molar-refractivity contribution in [2.24, 2.45) is 11.8 Å². The van der Waals surface area contributed by atoms with Crippen LogP contribution in [-0.2, 0) is 0 Å². The summed E-state index contributed by atoms with van der Waals surface area (Å²) < 4.78 is 11.4. The first-order chi connectivity index (χ1) is 10.3. The Balaban J connectivity index is 1.81. The van der Waals surface area contributed by atoms with Crippen LogP contribution in [0.25, 0.3) is 0 Å². The molecule has 3 rings (SSSR count). The Morgan fingerprint density at radius 3 is 2.71 bits per heavy atom. The highest BCUT2D eigenvalue weighted by Gasteiger charge is 2.30. The van der Waals surface area contributed by atoms with E-state index >= 15 is 0 Å². The van der Waals surface area contributed by atoms with Gasteiger partial charge in [-0.2, -0.15) is 0 Å². The van der Waals surface area contributed by atoms with E-state index in [1.807, 2.05) is 0 Å². The van der Waals surface area contributed by atoms with Gasteiger partial charge in [-0.05, 0) is 55.3 Å². The molecule has 3 unspecified atom stereocenters. The third kappa shape index (κ3) is 3.34. The van der Waals surface area contributed by atoms with Crippen LogP contribution in [0, 0.1) is 11.8 Å². The highest BCUT2D eigenvalue weighted by atomic mass is 16.6. The van der Waals surface area contributed by atoms with E-state index < -0.39 is 0 Å². The summed E-state index contributed by atoms with van der Waals surface area (Å²) in [6, 6.07) is 6.92. The lowest BCUT2D eigenvalue weighted by molar-refractivity contribution is 0.171. The van der Waals surface area contributed by atoms with Crippen LogP contribution in [0.5, 0.6) is 11.5 Å². The topological polar surface area (TPSA) is 30.5 Å². The fourth-order valence-corrected chi connectivity index (χ4v) is 3.66. The normalized spacial score (nSPS) is 25.8. The van der Waals surface area contributed by atoms with Crippen molar-refractivity contribution in [3.05, 3.63) is 23.8 Å². The second kappa shape index (κ2) is 6.69. The van der Waals surface area contributed by atoms with Crippen LogP contribution >= 0.6 is 0 Å². The van der Waals surface area contributed by atoms with Gasteiger partial charge in [-0.3, -0.25) is 0 Å². The molecule has 1 N–H and O–H groups in total. The van der Waals surface area contributed by atoms with E-state index in [1.165, 1.54) is 31.2 Å². The summed E-state index contributed by atoms with van der Waals surface area (Å²) in [5.74, 6) is 3.40. The average molecular weight is 289 g/mol. The van der Waals surface area contributed by atoms with Gasteiger partial charge in [0.05, 0.1) is 0 Å². The molecule has 1 aliphatic carbocycles. The predicted octanol–water partition coefficient (Wildman–Crippen LogP) is 3.93. The van der Waals surface area contributed by atoms with E-state index in [0.717, 1.165) is 29.9 Å². The predicted molar refractivity (Wildman–Crippen MR) is 85.0 cm³/mol. The average Bonchev–Trinajstić information content (AvgIpc) is 2.94. The van der Waals surface area contributed by atoms with Crippen LogP contribution in [0.3, 0.4) is 0 Å². The van der Waals surface area contributed by atoms with E-state index in [1.54, 1.807) is 0 Å². The van der Waals surface area contributed by atoms with Crippen molar-refractivity contribution < 1.29 is 9.47 Å². The molecule has 1 aromatic rings. The van der Waals surface area contributed by atoms with Gasteiger partial charge >= 0.3 is 0 Å². The lowest BCUT2D eigenvalue weighted by Gasteiger charge is -2.27. The van der Waals surface area contributed by atoms with Crippen molar-refractivity contribution in [2.45, 2.75) is 45.6 Å². The fraction of sp³-hybridized carbons (Fsp3) is 0.667. The number of fused-ring (bicyclic) bond motifs is 1. The van der Waals surface area contributed by atoms with Gasteiger partial charge in [-0.15, -0.1) is 0 Å². The van der Waals surface area contributed by atoms with Crippen LogP contribution in [0.15, 0.2) is 18.2 Å². The molecule has 0 saturated heterocycles. The molecule has 1 saturated carbocycles. The van der Waals surface area contributed by atoms with Gasteiger partial charge in [0, 0.05) is 6.04 Å². The maximum absolute atomic E-state index is 5.75. The molecular formula is C18H27NO2. The Morgan fingerprint density at radius 2 is 2.00 bits per heavy atom. The largest absolute Gasteiger partial charge is 0.486 e. The summed E-state index contributed by atoms with van der Waals surface area (Å²) in [5.41, 5.74) is 1.35. The van der Waals surface area contributed by atoms with Crippen molar-refractivity contribution in [3.8, 4) is 11.5 Å². The highest BCUT2D eigenvalue weighted by Crippen LogP contribution is 2.41. The van der Waals surface area contributed by atoms with E-state index in [-0.39, 0.29) is 0 Å². The third-order valence-electron chi connectivity index (χ3n) is 4.75. The van der Waals surface area contributed by atoms with Gasteiger partial charge in [0.1, 0.15) is 13.2 Å². The first-order valence-electron chi connectivity index (χ1n) is 8.41. The second-order valence-corrected chi connectivity index (χ2v) is 6.51. The Kier molecular flexibility index (Phi) is 4.69. The molecule has 1 fully saturated rings. The Morgan fingerprint density at radius 1 is 1.19 bits per heavy atom. The number of rotatable bonds is 5. The first-order valence-corrected chi connectivity index (χ1v) is 8.41. The zero-order valence-electron chi connectivity index (χ0n) is 13.2. The molecule has 0 amide bonds. The van der Waals surface area contributed by atoms with Gasteiger partial charge in [0.15, 0.2) is 11.5 Å². The maximum atomic E-state index is 5.75. The molecule has 1 aromatic carbocycles. The molecule has 0 bridgehead atoms. The first kappa shape index (κ1) is 14.7. The summed E-state index contributed by atoms with van der Waals surface area (Å²) in [7, 11) is 0. The minimum atomic E-state index is 0.450. The number of hydrogen-bond donors (Lipinski definition) is 1. The minimum Gasteiger partial charge on any atom is -0.486 e. The molecule has 2 aliphatic rings. The van der Waals surface area contributed by atoms with Crippen molar-refractivity contribution >= 4 is 0 Å². The van der Waals surface area contributed by atoms with Gasteiger partial charge in [0.25, 0.3) is 0 Å². The van der Waals surface area contributed by atoms with Crippen LogP contribution in [0.2, 0.25) is 0 Å². The summed E-state index contributed by atoms with van der Waals surface area (Å²) in [6.45, 7) is 6.99. The Labute approximate surface area is 128 Å². The number of benzene rings is 1. The fourth-order valence-electron chi connectivity index (χ4n) is 3.66. The van der Waals surface area contributed by atoms with E-state index in [9.17, 15) is 0 Å². The molecule has 3 heteroatoms. The molecule has 3 nitrogen and oxygen atoms in total. The monoisotopic (exact) mass is 289 g/mol. The quantitative estimate of drug-likeness (QED) is 0.890. The molecule has 116 valence electrons. The molecule has 0 radical (unpaired) electrons. The van der Waals surface area contributed by atoms with Crippen LogP contribution in [0.4, 0.5) is 0 Å². The molecule has 1 aliphatic heterocycles. The maximum Gasteiger partial charge on any atom is 0.161 e. The van der Waals surface area contributed by atoms with E-state index in [0.29, 0.717) is 19.3 Å². The lowest BCUT2D eigenvalue weighted by Crippen LogP contribution is -2.28. The lowest BCUT2D eigenvalue weighted by atomic mass is 9.90. The van der Waals surface area contributed by atoms with E-state index in [4.69, 9.17) is 9.47 Å². The van der Waals surface area contributed by atoms with Crippen molar-refractivity contribution in [1.82, 2.24) is 5.32 Å². The van der Waals surface area contributed by atoms with Crippen molar-refractivity contribution in [1.29, 1.82) is 0 Å². The summed E-state index contributed by atoms with van der Waals surface area (Å²) in [5, 5.41) is 3.76. The minimum absolute atomic E-state index is 0.450. The summed E-state index contributed by atoms with van der Waals surface area (Å²) in [6.07, 6.45) is 5.19. The zero-order valence-corrected chi connectivity index (χ0v) is 13.2. The molecule has 0 aromatic heterocycles. The Hall–Kier alpha value is -1.22. The smallest absolute Gasteiger partial charge is 0.161 e. The molecule has 1 heterocycles. The van der Waals surface area contributed by atoms with Gasteiger partial charge in [-0.1, -0.05) is 26.3 Å². The zero-order chi connectivity index (χ0) is 14.7. The molecule has 3 atom stereocenters. The van der Waals surface area contributed by atoms with Crippen LogP contribution in [-0.4, -0.2) is 19.8 Å². The third-order valence-corrected chi connectivity index (χ3v) is 4.75. The van der Waals surface area contributed by atoms with Gasteiger partial charge in [0.2, 0.25) is 0 Å². The van der Waals surface area contributed by atoms with E-state index in [2.05, 4.69) is 37.4 Å². The molecule has 0 spiro atoms.